The minimum atomic E-state index is 0.628. The minimum Gasteiger partial charge on any atom is -0.340 e. The van der Waals surface area contributed by atoms with Gasteiger partial charge in [-0.05, 0) is 59.0 Å². The van der Waals surface area contributed by atoms with E-state index >= 15 is 0 Å². The van der Waals surface area contributed by atoms with Crippen LogP contribution in [-0.2, 0) is 0 Å². The second-order valence-electron chi connectivity index (χ2n) is 4.32. The van der Waals surface area contributed by atoms with E-state index in [2.05, 4.69) is 39.0 Å². The van der Waals surface area contributed by atoms with Gasteiger partial charge in [-0.15, -0.1) is 0 Å². The fourth-order valence-electron chi connectivity index (χ4n) is 2.01. The number of halogens is 1. The van der Waals surface area contributed by atoms with Gasteiger partial charge < -0.3 is 5.32 Å². The van der Waals surface area contributed by atoms with Crippen LogP contribution >= 0.6 is 22.6 Å². The third-order valence-electron chi connectivity index (χ3n) is 2.95. The van der Waals surface area contributed by atoms with Gasteiger partial charge >= 0.3 is 0 Å². The highest BCUT2D eigenvalue weighted by Gasteiger charge is 2.05. The van der Waals surface area contributed by atoms with E-state index in [-0.39, 0.29) is 0 Å². The fraction of sp³-hybridized carbons (Fsp3) is 0. The number of pyridine rings is 1. The summed E-state index contributed by atoms with van der Waals surface area (Å²) in [5, 5.41) is 13.4. The third-order valence-corrected chi connectivity index (χ3v) is 3.67. The number of para-hydroxylation sites is 1. The predicted octanol–water partition coefficient (Wildman–Crippen LogP) is 4.45. The van der Waals surface area contributed by atoms with Gasteiger partial charge in [-0.1, -0.05) is 18.2 Å². The van der Waals surface area contributed by atoms with Crippen molar-refractivity contribution in [3.8, 4) is 6.07 Å². The Morgan fingerprint density at radius 1 is 1.05 bits per heavy atom. The lowest BCUT2D eigenvalue weighted by Gasteiger charge is -2.08. The van der Waals surface area contributed by atoms with Crippen LogP contribution in [0.5, 0.6) is 0 Å². The Balaban J connectivity index is 2.04. The molecule has 0 aliphatic carbocycles. The molecule has 1 heterocycles. The molecule has 0 radical (unpaired) electrons. The van der Waals surface area contributed by atoms with Crippen molar-refractivity contribution in [2.45, 2.75) is 0 Å². The van der Waals surface area contributed by atoms with Gasteiger partial charge in [-0.3, -0.25) is 0 Å². The molecule has 0 spiro atoms. The van der Waals surface area contributed by atoms with Crippen LogP contribution in [0.4, 0.5) is 11.5 Å². The van der Waals surface area contributed by atoms with Gasteiger partial charge in [0.2, 0.25) is 0 Å². The SMILES string of the molecule is N#Cc1cc(Nc2ccc(I)cc2)nc2ccccc12. The van der Waals surface area contributed by atoms with E-state index in [1.807, 2.05) is 48.5 Å². The number of anilines is 2. The van der Waals surface area contributed by atoms with Crippen LogP contribution < -0.4 is 5.32 Å². The molecule has 0 fully saturated rings. The van der Waals surface area contributed by atoms with Crippen LogP contribution in [0.15, 0.2) is 54.6 Å². The van der Waals surface area contributed by atoms with Crippen molar-refractivity contribution >= 4 is 45.0 Å². The molecule has 0 atom stereocenters. The quantitative estimate of drug-likeness (QED) is 0.677. The first-order valence-corrected chi connectivity index (χ1v) is 7.16. The summed E-state index contributed by atoms with van der Waals surface area (Å²) in [7, 11) is 0. The number of hydrogen-bond donors (Lipinski definition) is 1. The zero-order valence-electron chi connectivity index (χ0n) is 10.5. The van der Waals surface area contributed by atoms with Crippen LogP contribution in [0.2, 0.25) is 0 Å². The molecule has 0 aliphatic heterocycles. The molecule has 0 saturated carbocycles. The number of nitriles is 1. The summed E-state index contributed by atoms with van der Waals surface area (Å²) in [6.45, 7) is 0. The third kappa shape index (κ3) is 2.58. The van der Waals surface area contributed by atoms with Crippen LogP contribution in [0.25, 0.3) is 10.9 Å². The van der Waals surface area contributed by atoms with E-state index in [4.69, 9.17) is 0 Å². The van der Waals surface area contributed by atoms with Crippen molar-refractivity contribution in [1.82, 2.24) is 4.98 Å². The first kappa shape index (κ1) is 12.9. The van der Waals surface area contributed by atoms with Crippen LogP contribution in [0, 0.1) is 14.9 Å². The Morgan fingerprint density at radius 2 is 1.80 bits per heavy atom. The summed E-state index contributed by atoms with van der Waals surface area (Å²) in [6, 6.07) is 19.7. The van der Waals surface area contributed by atoms with E-state index in [9.17, 15) is 5.26 Å². The first-order chi connectivity index (χ1) is 9.76. The van der Waals surface area contributed by atoms with Crippen molar-refractivity contribution in [2.24, 2.45) is 0 Å². The number of fused-ring (bicyclic) bond motifs is 1. The zero-order valence-corrected chi connectivity index (χ0v) is 12.6. The van der Waals surface area contributed by atoms with Gasteiger partial charge in [0.15, 0.2) is 0 Å². The second-order valence-corrected chi connectivity index (χ2v) is 5.56. The van der Waals surface area contributed by atoms with E-state index in [1.165, 1.54) is 3.57 Å². The standard InChI is InChI=1S/C16H10IN3/c17-12-5-7-13(8-6-12)19-16-9-11(10-18)14-3-1-2-4-15(14)20-16/h1-9H,(H,19,20). The summed E-state index contributed by atoms with van der Waals surface area (Å²) in [6.07, 6.45) is 0. The fourth-order valence-corrected chi connectivity index (χ4v) is 2.37. The molecular formula is C16H10IN3. The van der Waals surface area contributed by atoms with Crippen LogP contribution in [0.1, 0.15) is 5.56 Å². The average Bonchev–Trinajstić information content (AvgIpc) is 2.49. The number of hydrogen-bond acceptors (Lipinski definition) is 3. The zero-order chi connectivity index (χ0) is 13.9. The van der Waals surface area contributed by atoms with Gasteiger partial charge in [-0.25, -0.2) is 4.98 Å². The first-order valence-electron chi connectivity index (χ1n) is 6.09. The molecule has 0 unspecified atom stereocenters. The van der Waals surface area contributed by atoms with Gasteiger partial charge in [0.1, 0.15) is 5.82 Å². The number of nitrogens with one attached hydrogen (secondary N) is 1. The maximum Gasteiger partial charge on any atom is 0.132 e. The van der Waals surface area contributed by atoms with E-state index < -0.39 is 0 Å². The highest BCUT2D eigenvalue weighted by Crippen LogP contribution is 2.22. The molecule has 96 valence electrons. The molecule has 1 aromatic heterocycles. The van der Waals surface area contributed by atoms with Gasteiger partial charge in [0, 0.05) is 14.6 Å². The smallest absolute Gasteiger partial charge is 0.132 e. The molecule has 3 rings (SSSR count). The highest BCUT2D eigenvalue weighted by molar-refractivity contribution is 14.1. The average molecular weight is 371 g/mol. The Hall–Kier alpha value is -2.13. The monoisotopic (exact) mass is 371 g/mol. The van der Waals surface area contributed by atoms with Crippen molar-refractivity contribution in [3.63, 3.8) is 0 Å². The Kier molecular flexibility index (Phi) is 3.52. The Bertz CT molecular complexity index is 804. The van der Waals surface area contributed by atoms with Gasteiger partial charge in [0.05, 0.1) is 17.1 Å². The topological polar surface area (TPSA) is 48.7 Å². The minimum absolute atomic E-state index is 0.628. The highest BCUT2D eigenvalue weighted by atomic mass is 127. The molecule has 0 aliphatic rings. The normalized spacial score (nSPS) is 10.2. The lowest BCUT2D eigenvalue weighted by atomic mass is 10.1. The molecule has 1 N–H and O–H groups in total. The molecule has 0 bridgehead atoms. The molecule has 0 amide bonds. The molecule has 0 saturated heterocycles. The van der Waals surface area contributed by atoms with Crippen molar-refractivity contribution < 1.29 is 0 Å². The van der Waals surface area contributed by atoms with Crippen molar-refractivity contribution in [2.75, 3.05) is 5.32 Å². The number of benzene rings is 2. The molecule has 3 aromatic rings. The summed E-state index contributed by atoms with van der Waals surface area (Å²) >= 11 is 2.26. The number of aromatic nitrogens is 1. The van der Waals surface area contributed by atoms with E-state index in [0.29, 0.717) is 11.4 Å². The maximum atomic E-state index is 9.26. The van der Waals surface area contributed by atoms with Crippen molar-refractivity contribution in [1.29, 1.82) is 5.26 Å². The van der Waals surface area contributed by atoms with Crippen molar-refractivity contribution in [3.05, 3.63) is 63.7 Å². The van der Waals surface area contributed by atoms with Crippen LogP contribution in [-0.4, -0.2) is 4.98 Å². The molecule has 3 nitrogen and oxygen atoms in total. The summed E-state index contributed by atoms with van der Waals surface area (Å²) in [5.74, 6) is 0.682. The van der Waals surface area contributed by atoms with Gasteiger partial charge in [-0.2, -0.15) is 5.26 Å². The largest absolute Gasteiger partial charge is 0.340 e. The van der Waals surface area contributed by atoms with E-state index in [0.717, 1.165) is 16.6 Å². The summed E-state index contributed by atoms with van der Waals surface area (Å²) < 4.78 is 1.18. The summed E-state index contributed by atoms with van der Waals surface area (Å²) in [5.41, 5.74) is 2.40. The van der Waals surface area contributed by atoms with E-state index in [1.54, 1.807) is 6.07 Å². The number of rotatable bonds is 2. The molecular weight excluding hydrogens is 361 g/mol. The number of nitrogens with zero attached hydrogens (tertiary/aromatic N) is 2. The second kappa shape index (κ2) is 5.47. The Labute approximate surface area is 130 Å². The van der Waals surface area contributed by atoms with Gasteiger partial charge in [0.25, 0.3) is 0 Å². The lowest BCUT2D eigenvalue weighted by Crippen LogP contribution is -1.95. The lowest BCUT2D eigenvalue weighted by molar-refractivity contribution is 1.36. The molecule has 20 heavy (non-hydrogen) atoms. The van der Waals surface area contributed by atoms with Crippen LogP contribution in [0.3, 0.4) is 0 Å². The molecule has 4 heteroatoms. The Morgan fingerprint density at radius 3 is 2.55 bits per heavy atom. The maximum absolute atomic E-state index is 9.26. The molecule has 2 aromatic carbocycles. The predicted molar refractivity (Wildman–Crippen MR) is 88.9 cm³/mol. The summed E-state index contributed by atoms with van der Waals surface area (Å²) in [4.78, 5) is 4.54.